The van der Waals surface area contributed by atoms with Crippen molar-refractivity contribution >= 4 is 42.7 Å². The summed E-state index contributed by atoms with van der Waals surface area (Å²) >= 11 is 1.41. The number of carbonyl (C=O) groups excluding carboxylic acids is 1. The van der Waals surface area contributed by atoms with Crippen LogP contribution in [0.1, 0.15) is 52.0 Å². The van der Waals surface area contributed by atoms with Crippen molar-refractivity contribution in [2.45, 2.75) is 82.3 Å². The number of hydrogen-bond donors (Lipinski definition) is 3. The lowest BCUT2D eigenvalue weighted by Crippen LogP contribution is -2.43. The minimum absolute atomic E-state index is 0.0249. The molecule has 2 bridgehead atoms. The normalized spacial score (nSPS) is 25.1. The molecule has 2 heterocycles. The number of esters is 1. The molecular weight excluding hydrogens is 674 g/mol. The molecule has 0 amide bonds. The average molecular weight is 720 g/mol. The Balaban J connectivity index is 1.23. The van der Waals surface area contributed by atoms with Crippen molar-refractivity contribution < 1.29 is 42.0 Å². The van der Waals surface area contributed by atoms with Gasteiger partial charge in [-0.2, -0.15) is 4.31 Å². The van der Waals surface area contributed by atoms with Crippen LogP contribution >= 0.6 is 11.3 Å². The molecule has 1 saturated heterocycles. The number of fused-ring (bicyclic) bond motifs is 3. The van der Waals surface area contributed by atoms with Crippen LogP contribution in [0.2, 0.25) is 0 Å². The fraction of sp³-hybridized carbons (Fsp3) is 0.600. The number of hydrogen-bond acceptors (Lipinski definition) is 11. The van der Waals surface area contributed by atoms with Gasteiger partial charge in [-0.3, -0.25) is 4.79 Å². The standard InChI is InChI=1S/C35H46FN3O8S2/c1-19(2)16-39(49(43,44)25-8-10-28-31(15-25)48-35(38-28)37-24-6-7-24)17-29(40)22(11-21-5-9-27(36)30(12-21)45-4)14-32(41)47-33-20(3)26-13-23(33)18-46-34(26)42/h5,8-10,12,15,19-20,22-24,26,29,33-34,40,42H,6-7,11,13-14,16-18H2,1-4H3,(H,37,38)/t20?,22-,23?,26?,29-,33?,34?/m1/s1. The summed E-state index contributed by atoms with van der Waals surface area (Å²) in [5.74, 6) is -2.18. The lowest BCUT2D eigenvalue weighted by atomic mass is 9.90. The van der Waals surface area contributed by atoms with Crippen LogP contribution in [-0.2, 0) is 30.7 Å². The molecule has 268 valence electrons. The van der Waals surface area contributed by atoms with Crippen molar-refractivity contribution in [3.05, 3.63) is 47.8 Å². The van der Waals surface area contributed by atoms with Crippen LogP contribution in [0.5, 0.6) is 5.75 Å². The van der Waals surface area contributed by atoms with E-state index in [9.17, 15) is 27.8 Å². The molecule has 3 aliphatic rings. The smallest absolute Gasteiger partial charge is 0.306 e. The van der Waals surface area contributed by atoms with Gasteiger partial charge in [0, 0.05) is 42.8 Å². The second kappa shape index (κ2) is 14.8. The van der Waals surface area contributed by atoms with Crippen LogP contribution in [0.15, 0.2) is 41.3 Å². The number of methoxy groups -OCH3 is 1. The van der Waals surface area contributed by atoms with E-state index < -0.39 is 46.2 Å². The number of halogens is 1. The Kier molecular flexibility index (Phi) is 10.8. The highest BCUT2D eigenvalue weighted by Crippen LogP contribution is 2.44. The first-order valence-corrected chi connectivity index (χ1v) is 19.2. The quantitative estimate of drug-likeness (QED) is 0.187. The number of thiazole rings is 1. The summed E-state index contributed by atoms with van der Waals surface area (Å²) in [6.07, 6.45) is 0.191. The molecule has 7 atom stereocenters. The highest BCUT2D eigenvalue weighted by Gasteiger charge is 2.50. The van der Waals surface area contributed by atoms with Crippen LogP contribution in [0, 0.1) is 35.4 Å². The first-order valence-electron chi connectivity index (χ1n) is 17.0. The maximum atomic E-state index is 14.3. The van der Waals surface area contributed by atoms with Crippen molar-refractivity contribution in [3.8, 4) is 5.75 Å². The number of aliphatic hydroxyl groups excluding tert-OH is 2. The topological polar surface area (TPSA) is 148 Å². The molecule has 2 aromatic carbocycles. The van der Waals surface area contributed by atoms with E-state index in [0.717, 1.165) is 22.7 Å². The lowest BCUT2D eigenvalue weighted by molar-refractivity contribution is -0.164. The molecule has 3 fully saturated rings. The molecule has 6 rings (SSSR count). The SMILES string of the molecule is COc1cc(C[C@H](CC(=O)OC2C3COC(O)C(C3)C2C)[C@H](O)CN(CC(C)C)S(=O)(=O)c2ccc3nc(NC4CC4)sc3c2)ccc1F. The molecular formula is C35H46FN3O8S2. The molecule has 11 nitrogen and oxygen atoms in total. The van der Waals surface area contributed by atoms with Crippen molar-refractivity contribution in [3.63, 3.8) is 0 Å². The second-order valence-corrected chi connectivity index (χ2v) is 17.2. The van der Waals surface area contributed by atoms with Gasteiger partial charge < -0.3 is 29.7 Å². The maximum Gasteiger partial charge on any atom is 0.306 e. The van der Waals surface area contributed by atoms with Crippen molar-refractivity contribution in [2.75, 3.05) is 32.1 Å². The lowest BCUT2D eigenvalue weighted by Gasteiger charge is -2.30. The summed E-state index contributed by atoms with van der Waals surface area (Å²) < 4.78 is 61.2. The number of ether oxygens (including phenoxy) is 3. The monoisotopic (exact) mass is 719 g/mol. The summed E-state index contributed by atoms with van der Waals surface area (Å²) in [7, 11) is -2.71. The van der Waals surface area contributed by atoms with Gasteiger partial charge >= 0.3 is 5.97 Å². The number of nitrogens with one attached hydrogen (secondary N) is 1. The van der Waals surface area contributed by atoms with Gasteiger partial charge in [0.05, 0.1) is 41.4 Å². The van der Waals surface area contributed by atoms with Gasteiger partial charge in [-0.25, -0.2) is 17.8 Å². The molecule has 49 heavy (non-hydrogen) atoms. The number of rotatable bonds is 15. The molecule has 0 radical (unpaired) electrons. The van der Waals surface area contributed by atoms with Crippen molar-refractivity contribution in [1.29, 1.82) is 0 Å². The third kappa shape index (κ3) is 8.20. The van der Waals surface area contributed by atoms with E-state index in [1.807, 2.05) is 20.8 Å². The molecule has 14 heteroatoms. The molecule has 1 aliphatic heterocycles. The minimum Gasteiger partial charge on any atom is -0.494 e. The van der Waals surface area contributed by atoms with Gasteiger partial charge in [0.25, 0.3) is 0 Å². The molecule has 5 unspecified atom stereocenters. The van der Waals surface area contributed by atoms with Gasteiger partial charge in [-0.15, -0.1) is 0 Å². The van der Waals surface area contributed by atoms with Gasteiger partial charge in [0.2, 0.25) is 10.0 Å². The summed E-state index contributed by atoms with van der Waals surface area (Å²) in [5.41, 5.74) is 1.32. The molecule has 3 aromatic rings. The van der Waals surface area contributed by atoms with E-state index in [2.05, 4.69) is 10.3 Å². The van der Waals surface area contributed by atoms with Gasteiger partial charge in [-0.05, 0) is 67.5 Å². The third-order valence-corrected chi connectivity index (χ3v) is 12.7. The number of anilines is 1. The Hall–Kier alpha value is -2.88. The number of carbonyl (C=O) groups is 1. The van der Waals surface area contributed by atoms with Crippen LogP contribution in [0.3, 0.4) is 0 Å². The zero-order valence-corrected chi connectivity index (χ0v) is 29.9. The Bertz CT molecular complexity index is 1750. The fourth-order valence-electron chi connectivity index (χ4n) is 7.07. The van der Waals surface area contributed by atoms with Crippen LogP contribution < -0.4 is 10.1 Å². The molecule has 0 spiro atoms. The van der Waals surface area contributed by atoms with Gasteiger partial charge in [0.1, 0.15) is 6.10 Å². The first kappa shape index (κ1) is 35.9. The average Bonchev–Trinajstić information content (AvgIpc) is 3.72. The summed E-state index contributed by atoms with van der Waals surface area (Å²) in [5, 5.41) is 26.1. The first-order chi connectivity index (χ1) is 23.3. The highest BCUT2D eigenvalue weighted by atomic mass is 32.2. The fourth-order valence-corrected chi connectivity index (χ4v) is 9.77. The van der Waals surface area contributed by atoms with Crippen molar-refractivity contribution in [2.24, 2.45) is 29.6 Å². The second-order valence-electron chi connectivity index (χ2n) is 14.2. The maximum absolute atomic E-state index is 14.3. The van der Waals surface area contributed by atoms with Crippen LogP contribution in [-0.4, -0.2) is 85.2 Å². The van der Waals surface area contributed by atoms with E-state index in [-0.39, 0.29) is 66.9 Å². The van der Waals surface area contributed by atoms with Crippen LogP contribution in [0.25, 0.3) is 10.2 Å². The molecule has 2 aliphatic carbocycles. The Morgan fingerprint density at radius 3 is 2.67 bits per heavy atom. The number of aromatic nitrogens is 1. The summed E-state index contributed by atoms with van der Waals surface area (Å²) in [6, 6.07) is 9.61. The van der Waals surface area contributed by atoms with Gasteiger partial charge in [-0.1, -0.05) is 38.2 Å². The van der Waals surface area contributed by atoms with E-state index in [0.29, 0.717) is 23.5 Å². The third-order valence-electron chi connectivity index (χ3n) is 9.90. The highest BCUT2D eigenvalue weighted by molar-refractivity contribution is 7.89. The summed E-state index contributed by atoms with van der Waals surface area (Å²) in [6.45, 7) is 5.89. The van der Waals surface area contributed by atoms with Gasteiger partial charge in [0.15, 0.2) is 23.0 Å². The molecule has 3 N–H and O–H groups in total. The predicted molar refractivity (Wildman–Crippen MR) is 183 cm³/mol. The largest absolute Gasteiger partial charge is 0.494 e. The number of sulfonamides is 1. The van der Waals surface area contributed by atoms with Crippen molar-refractivity contribution in [1.82, 2.24) is 9.29 Å². The molecule has 2 saturated carbocycles. The Labute approximate surface area is 290 Å². The van der Waals surface area contributed by atoms with E-state index in [1.165, 1.54) is 41.0 Å². The predicted octanol–water partition coefficient (Wildman–Crippen LogP) is 4.81. The zero-order chi connectivity index (χ0) is 35.0. The number of aliphatic hydroxyl groups is 2. The zero-order valence-electron chi connectivity index (χ0n) is 28.2. The van der Waals surface area contributed by atoms with E-state index >= 15 is 0 Å². The number of nitrogens with zero attached hydrogens (tertiary/aromatic N) is 2. The Morgan fingerprint density at radius 2 is 1.98 bits per heavy atom. The van der Waals surface area contributed by atoms with E-state index in [1.54, 1.807) is 18.2 Å². The molecule has 1 aromatic heterocycles. The Morgan fingerprint density at radius 1 is 1.20 bits per heavy atom. The van der Waals surface area contributed by atoms with E-state index in [4.69, 9.17) is 14.2 Å². The number of benzene rings is 2. The van der Waals surface area contributed by atoms with Crippen LogP contribution in [0.4, 0.5) is 9.52 Å². The summed E-state index contributed by atoms with van der Waals surface area (Å²) in [4.78, 5) is 18.2. The minimum atomic E-state index is -4.07.